The minimum absolute atomic E-state index is 0.0685. The van der Waals surface area contributed by atoms with Gasteiger partial charge >= 0.3 is 0 Å². The van der Waals surface area contributed by atoms with E-state index < -0.39 is 0 Å². The van der Waals surface area contributed by atoms with Crippen LogP contribution in [-0.2, 0) is 17.8 Å². The molecule has 3 nitrogen and oxygen atoms in total. The van der Waals surface area contributed by atoms with E-state index in [1.54, 1.807) is 0 Å². The van der Waals surface area contributed by atoms with Gasteiger partial charge in [-0.2, -0.15) is 0 Å². The Hall–Kier alpha value is -1.06. The highest BCUT2D eigenvalue weighted by Gasteiger charge is 2.39. The van der Waals surface area contributed by atoms with Crippen molar-refractivity contribution >= 4 is 17.5 Å². The summed E-state index contributed by atoms with van der Waals surface area (Å²) in [6.45, 7) is 9.14. The van der Waals surface area contributed by atoms with Gasteiger partial charge in [0, 0.05) is 24.2 Å². The van der Waals surface area contributed by atoms with Crippen LogP contribution in [0.1, 0.15) is 38.3 Å². The smallest absolute Gasteiger partial charge is 0.227 e. The molecule has 2 heterocycles. The van der Waals surface area contributed by atoms with E-state index in [1.807, 2.05) is 12.1 Å². The van der Waals surface area contributed by atoms with Crippen LogP contribution in [0.3, 0.4) is 0 Å². The quantitative estimate of drug-likeness (QED) is 0.861. The standard InChI is InChI=1S/C18H25ClN2O/c1-18(2,3)16-9-12-4-5-15(19)8-14(12)11-21(16)17(22)13-6-7-20-10-13/h4-5,8,13,16,20H,6-7,9-11H2,1-3H3. The number of rotatable bonds is 1. The minimum Gasteiger partial charge on any atom is -0.334 e. The monoisotopic (exact) mass is 320 g/mol. The van der Waals surface area contributed by atoms with Gasteiger partial charge in [0.15, 0.2) is 0 Å². The predicted octanol–water partition coefficient (Wildman–Crippen LogP) is 3.25. The molecule has 0 aromatic heterocycles. The fourth-order valence-corrected chi connectivity index (χ4v) is 3.85. The molecule has 1 aromatic carbocycles. The summed E-state index contributed by atoms with van der Waals surface area (Å²) in [4.78, 5) is 15.1. The lowest BCUT2D eigenvalue weighted by Crippen LogP contribution is -2.52. The number of hydrogen-bond acceptors (Lipinski definition) is 2. The highest BCUT2D eigenvalue weighted by molar-refractivity contribution is 6.30. The van der Waals surface area contributed by atoms with Crippen molar-refractivity contribution in [2.45, 2.75) is 46.2 Å². The zero-order chi connectivity index (χ0) is 15.9. The summed E-state index contributed by atoms with van der Waals surface area (Å²) in [5.74, 6) is 0.432. The highest BCUT2D eigenvalue weighted by atomic mass is 35.5. The number of nitrogens with zero attached hydrogens (tertiary/aromatic N) is 1. The van der Waals surface area contributed by atoms with Crippen molar-refractivity contribution in [3.05, 3.63) is 34.3 Å². The van der Waals surface area contributed by atoms with Crippen LogP contribution in [0.4, 0.5) is 0 Å². The van der Waals surface area contributed by atoms with E-state index in [2.05, 4.69) is 37.1 Å². The SMILES string of the molecule is CC(C)(C)C1Cc2ccc(Cl)cc2CN1C(=O)C1CCNC1. The Morgan fingerprint density at radius 1 is 1.32 bits per heavy atom. The number of fused-ring (bicyclic) bond motifs is 1. The maximum Gasteiger partial charge on any atom is 0.227 e. The second-order valence-electron chi connectivity index (χ2n) is 7.65. The first-order valence-corrected chi connectivity index (χ1v) is 8.52. The van der Waals surface area contributed by atoms with Gasteiger partial charge in [-0.15, -0.1) is 0 Å². The molecule has 1 fully saturated rings. The molecule has 1 N–H and O–H groups in total. The molecule has 1 amide bonds. The van der Waals surface area contributed by atoms with E-state index in [0.29, 0.717) is 12.5 Å². The molecule has 4 heteroatoms. The lowest BCUT2D eigenvalue weighted by Gasteiger charge is -2.45. The third-order valence-corrected chi connectivity index (χ3v) is 5.23. The van der Waals surface area contributed by atoms with Crippen molar-refractivity contribution < 1.29 is 4.79 Å². The molecular weight excluding hydrogens is 296 g/mol. The summed E-state index contributed by atoms with van der Waals surface area (Å²) in [5.41, 5.74) is 2.60. The van der Waals surface area contributed by atoms with Crippen molar-refractivity contribution in [2.75, 3.05) is 13.1 Å². The normalized spacial score (nSPS) is 25.2. The van der Waals surface area contributed by atoms with Gasteiger partial charge in [0.05, 0.1) is 5.92 Å². The number of nitrogens with one attached hydrogen (secondary N) is 1. The number of amides is 1. The summed E-state index contributed by atoms with van der Waals surface area (Å²) >= 11 is 6.14. The first-order valence-electron chi connectivity index (χ1n) is 8.15. The fourth-order valence-electron chi connectivity index (χ4n) is 3.66. The molecule has 2 unspecified atom stereocenters. The number of halogens is 1. The molecule has 0 spiro atoms. The fraction of sp³-hybridized carbons (Fsp3) is 0.611. The average molecular weight is 321 g/mol. The summed E-state index contributed by atoms with van der Waals surface area (Å²) in [5, 5.41) is 4.06. The molecule has 1 aromatic rings. The van der Waals surface area contributed by atoms with E-state index in [4.69, 9.17) is 11.6 Å². The molecule has 2 atom stereocenters. The lowest BCUT2D eigenvalue weighted by molar-refractivity contribution is -0.141. The van der Waals surface area contributed by atoms with Crippen molar-refractivity contribution in [3.63, 3.8) is 0 Å². The third kappa shape index (κ3) is 3.02. The second kappa shape index (κ2) is 5.86. The Labute approximate surface area is 138 Å². The summed E-state index contributed by atoms with van der Waals surface area (Å²) in [6.07, 6.45) is 1.87. The van der Waals surface area contributed by atoms with Gasteiger partial charge in [0.1, 0.15) is 0 Å². The molecule has 2 aliphatic rings. The van der Waals surface area contributed by atoms with Crippen LogP contribution < -0.4 is 5.32 Å². The highest BCUT2D eigenvalue weighted by Crippen LogP contribution is 2.35. The van der Waals surface area contributed by atoms with E-state index in [1.165, 1.54) is 11.1 Å². The first-order chi connectivity index (χ1) is 10.4. The molecule has 22 heavy (non-hydrogen) atoms. The number of carbonyl (C=O) groups excluding carboxylic acids is 1. The molecule has 3 rings (SSSR count). The molecule has 1 saturated heterocycles. The largest absolute Gasteiger partial charge is 0.334 e. The Morgan fingerprint density at radius 3 is 2.73 bits per heavy atom. The maximum atomic E-state index is 13.0. The van der Waals surface area contributed by atoms with E-state index in [0.717, 1.165) is 31.0 Å². The Bertz CT molecular complexity index is 573. The topological polar surface area (TPSA) is 32.3 Å². The van der Waals surface area contributed by atoms with E-state index in [9.17, 15) is 4.79 Å². The number of hydrogen-bond donors (Lipinski definition) is 1. The molecule has 120 valence electrons. The van der Waals surface area contributed by atoms with Crippen LogP contribution in [0, 0.1) is 11.3 Å². The first kappa shape index (κ1) is 15.8. The van der Waals surface area contributed by atoms with Crippen molar-refractivity contribution in [1.82, 2.24) is 10.2 Å². The lowest BCUT2D eigenvalue weighted by atomic mass is 9.78. The van der Waals surface area contributed by atoms with Crippen LogP contribution in [0.25, 0.3) is 0 Å². The Kier molecular flexibility index (Phi) is 4.21. The van der Waals surface area contributed by atoms with Crippen LogP contribution in [0.5, 0.6) is 0 Å². The van der Waals surface area contributed by atoms with Gasteiger partial charge < -0.3 is 10.2 Å². The van der Waals surface area contributed by atoms with Gasteiger partial charge in [-0.3, -0.25) is 4.79 Å². The maximum absolute atomic E-state index is 13.0. The number of benzene rings is 1. The van der Waals surface area contributed by atoms with E-state index in [-0.39, 0.29) is 17.4 Å². The molecule has 2 aliphatic heterocycles. The summed E-state index contributed by atoms with van der Waals surface area (Å²) < 4.78 is 0. The molecule has 0 bridgehead atoms. The van der Waals surface area contributed by atoms with Crippen molar-refractivity contribution in [2.24, 2.45) is 11.3 Å². The van der Waals surface area contributed by atoms with Crippen LogP contribution in [-0.4, -0.2) is 29.9 Å². The summed E-state index contributed by atoms with van der Waals surface area (Å²) in [6, 6.07) is 6.34. The summed E-state index contributed by atoms with van der Waals surface area (Å²) in [7, 11) is 0. The number of carbonyl (C=O) groups is 1. The van der Waals surface area contributed by atoms with Gasteiger partial charge in [-0.1, -0.05) is 38.4 Å². The third-order valence-electron chi connectivity index (χ3n) is 4.99. The van der Waals surface area contributed by atoms with Crippen molar-refractivity contribution in [3.8, 4) is 0 Å². The Morgan fingerprint density at radius 2 is 2.09 bits per heavy atom. The van der Waals surface area contributed by atoms with Crippen LogP contribution in [0.15, 0.2) is 18.2 Å². The molecule has 0 saturated carbocycles. The Balaban J connectivity index is 1.92. The zero-order valence-electron chi connectivity index (χ0n) is 13.7. The van der Waals surface area contributed by atoms with Gasteiger partial charge in [-0.25, -0.2) is 0 Å². The zero-order valence-corrected chi connectivity index (χ0v) is 14.4. The van der Waals surface area contributed by atoms with Gasteiger partial charge in [-0.05, 0) is 48.1 Å². The van der Waals surface area contributed by atoms with E-state index >= 15 is 0 Å². The molecule has 0 aliphatic carbocycles. The minimum atomic E-state index is 0.0685. The molecule has 0 radical (unpaired) electrons. The average Bonchev–Trinajstić information content (AvgIpc) is 2.98. The predicted molar refractivity (Wildman–Crippen MR) is 89.9 cm³/mol. The molecular formula is C18H25ClN2O. The van der Waals surface area contributed by atoms with Gasteiger partial charge in [0.2, 0.25) is 5.91 Å². The van der Waals surface area contributed by atoms with Gasteiger partial charge in [0.25, 0.3) is 0 Å². The van der Waals surface area contributed by atoms with Crippen LogP contribution in [0.2, 0.25) is 5.02 Å². The second-order valence-corrected chi connectivity index (χ2v) is 8.09. The van der Waals surface area contributed by atoms with Crippen LogP contribution >= 0.6 is 11.6 Å². The van der Waals surface area contributed by atoms with Crippen molar-refractivity contribution in [1.29, 1.82) is 0 Å².